The average Bonchev–Trinajstić information content (AvgIpc) is 2.75. The second-order valence-electron chi connectivity index (χ2n) is 3.12. The van der Waals surface area contributed by atoms with E-state index in [1.54, 1.807) is 24.7 Å². The molecule has 6 heteroatoms. The number of aromatic amines is 1. The van der Waals surface area contributed by atoms with Crippen LogP contribution in [0.15, 0.2) is 24.7 Å². The van der Waals surface area contributed by atoms with Gasteiger partial charge in [0.05, 0.1) is 12.2 Å². The van der Waals surface area contributed by atoms with Crippen LogP contribution in [-0.4, -0.2) is 27.4 Å². The van der Waals surface area contributed by atoms with Gasteiger partial charge >= 0.3 is 0 Å². The normalized spacial score (nSPS) is 12.6. The van der Waals surface area contributed by atoms with E-state index in [0.29, 0.717) is 5.69 Å². The highest BCUT2D eigenvalue weighted by Gasteiger charge is 2.16. The molecule has 1 unspecified atom stereocenters. The molecule has 15 heavy (non-hydrogen) atoms. The van der Waals surface area contributed by atoms with E-state index in [-0.39, 0.29) is 6.04 Å². The molecular formula is C9H12N6. The molecule has 2 aromatic rings. The number of aromatic nitrogens is 4. The van der Waals surface area contributed by atoms with Crippen LogP contribution in [0, 0.1) is 0 Å². The lowest BCUT2D eigenvalue weighted by Crippen LogP contribution is -2.19. The first kappa shape index (κ1) is 9.60. The second-order valence-corrected chi connectivity index (χ2v) is 3.12. The largest absolute Gasteiger partial charge is 0.398 e. The van der Waals surface area contributed by atoms with Gasteiger partial charge in [0.15, 0.2) is 0 Å². The molecule has 6 nitrogen and oxygen atoms in total. The maximum absolute atomic E-state index is 5.86. The molecule has 0 saturated heterocycles. The van der Waals surface area contributed by atoms with Gasteiger partial charge in [0.2, 0.25) is 0 Å². The predicted octanol–water partition coefficient (Wildman–Crippen LogP) is 0.0907. The van der Waals surface area contributed by atoms with Crippen molar-refractivity contribution < 1.29 is 0 Å². The van der Waals surface area contributed by atoms with Crippen LogP contribution in [0.4, 0.5) is 5.69 Å². The molecule has 0 fully saturated rings. The van der Waals surface area contributed by atoms with E-state index in [1.807, 2.05) is 7.05 Å². The second kappa shape index (κ2) is 4.05. The Hall–Kier alpha value is -1.95. The minimum atomic E-state index is -0.0857. The fraction of sp³-hybridized carbons (Fsp3) is 0.222. The fourth-order valence-electron chi connectivity index (χ4n) is 1.47. The molecule has 78 valence electrons. The number of anilines is 1. The molecule has 2 rings (SSSR count). The van der Waals surface area contributed by atoms with E-state index in [9.17, 15) is 0 Å². The molecule has 2 aromatic heterocycles. The SMILES string of the molecule is CNC(c1cn[nH]n1)c1cnccc1N. The van der Waals surface area contributed by atoms with Gasteiger partial charge in [0.1, 0.15) is 5.69 Å². The van der Waals surface area contributed by atoms with Crippen LogP contribution in [0.3, 0.4) is 0 Å². The van der Waals surface area contributed by atoms with Crippen LogP contribution < -0.4 is 11.1 Å². The molecule has 0 aromatic carbocycles. The summed E-state index contributed by atoms with van der Waals surface area (Å²) in [7, 11) is 1.84. The summed E-state index contributed by atoms with van der Waals surface area (Å²) in [5.74, 6) is 0. The van der Waals surface area contributed by atoms with Crippen molar-refractivity contribution >= 4 is 5.69 Å². The lowest BCUT2D eigenvalue weighted by atomic mass is 10.1. The molecule has 0 spiro atoms. The maximum atomic E-state index is 5.86. The highest BCUT2D eigenvalue weighted by molar-refractivity contribution is 5.48. The third-order valence-electron chi connectivity index (χ3n) is 2.22. The van der Waals surface area contributed by atoms with Crippen LogP contribution in [0.1, 0.15) is 17.3 Å². The van der Waals surface area contributed by atoms with Gasteiger partial charge in [-0.2, -0.15) is 15.4 Å². The zero-order valence-corrected chi connectivity index (χ0v) is 8.31. The topological polar surface area (TPSA) is 92.5 Å². The van der Waals surface area contributed by atoms with E-state index in [4.69, 9.17) is 5.73 Å². The highest BCUT2D eigenvalue weighted by atomic mass is 15.3. The summed E-state index contributed by atoms with van der Waals surface area (Å²) >= 11 is 0. The van der Waals surface area contributed by atoms with Crippen LogP contribution in [0.25, 0.3) is 0 Å². The molecule has 0 aliphatic carbocycles. The van der Waals surface area contributed by atoms with Crippen molar-refractivity contribution in [3.8, 4) is 0 Å². The van der Waals surface area contributed by atoms with Crippen molar-refractivity contribution in [2.24, 2.45) is 0 Å². The number of hydrogen-bond donors (Lipinski definition) is 3. The summed E-state index contributed by atoms with van der Waals surface area (Å²) in [5.41, 5.74) is 8.24. The zero-order valence-electron chi connectivity index (χ0n) is 8.31. The minimum Gasteiger partial charge on any atom is -0.398 e. The number of nitrogens with two attached hydrogens (primary N) is 1. The van der Waals surface area contributed by atoms with Gasteiger partial charge in [-0.25, -0.2) is 0 Å². The summed E-state index contributed by atoms with van der Waals surface area (Å²) in [6.07, 6.45) is 5.05. The van der Waals surface area contributed by atoms with Crippen molar-refractivity contribution in [1.29, 1.82) is 0 Å². The summed E-state index contributed by atoms with van der Waals surface area (Å²) in [6, 6.07) is 1.68. The van der Waals surface area contributed by atoms with E-state index in [2.05, 4.69) is 25.7 Å². The smallest absolute Gasteiger partial charge is 0.104 e. The summed E-state index contributed by atoms with van der Waals surface area (Å²) in [4.78, 5) is 4.05. The highest BCUT2D eigenvalue weighted by Crippen LogP contribution is 2.23. The van der Waals surface area contributed by atoms with Gasteiger partial charge in [-0.3, -0.25) is 4.98 Å². The molecule has 0 saturated carbocycles. The van der Waals surface area contributed by atoms with Crippen molar-refractivity contribution in [2.75, 3.05) is 12.8 Å². The van der Waals surface area contributed by atoms with Crippen molar-refractivity contribution in [2.45, 2.75) is 6.04 Å². The average molecular weight is 204 g/mol. The van der Waals surface area contributed by atoms with Gasteiger partial charge in [0.25, 0.3) is 0 Å². The van der Waals surface area contributed by atoms with Crippen LogP contribution in [0.2, 0.25) is 0 Å². The third-order valence-corrected chi connectivity index (χ3v) is 2.22. The zero-order chi connectivity index (χ0) is 10.7. The molecule has 4 N–H and O–H groups in total. The standard InChI is InChI=1S/C9H12N6/c1-11-9(8-5-13-15-14-8)6-4-12-3-2-7(6)10/h2-5,9,11H,1H3,(H2,10,12)(H,13,14,15). The first-order chi connectivity index (χ1) is 7.33. The molecule has 2 heterocycles. The van der Waals surface area contributed by atoms with E-state index in [1.165, 1.54) is 0 Å². The maximum Gasteiger partial charge on any atom is 0.104 e. The van der Waals surface area contributed by atoms with Gasteiger partial charge < -0.3 is 11.1 Å². The lowest BCUT2D eigenvalue weighted by molar-refractivity contribution is 0.666. The molecule has 0 aliphatic heterocycles. The number of nitrogen functional groups attached to an aromatic ring is 1. The summed E-state index contributed by atoms with van der Waals surface area (Å²) < 4.78 is 0. The van der Waals surface area contributed by atoms with Gasteiger partial charge in [-0.1, -0.05) is 0 Å². The molecule has 0 aliphatic rings. The molecular weight excluding hydrogens is 192 g/mol. The number of hydrogen-bond acceptors (Lipinski definition) is 5. The summed E-state index contributed by atoms with van der Waals surface area (Å²) in [6.45, 7) is 0. The summed E-state index contributed by atoms with van der Waals surface area (Å²) in [5, 5.41) is 13.5. The quantitative estimate of drug-likeness (QED) is 0.659. The molecule has 1 atom stereocenters. The fourth-order valence-corrected chi connectivity index (χ4v) is 1.47. The minimum absolute atomic E-state index is 0.0857. The Morgan fingerprint density at radius 3 is 2.93 bits per heavy atom. The lowest BCUT2D eigenvalue weighted by Gasteiger charge is -2.14. The predicted molar refractivity (Wildman–Crippen MR) is 55.9 cm³/mol. The van der Waals surface area contributed by atoms with Crippen LogP contribution in [-0.2, 0) is 0 Å². The van der Waals surface area contributed by atoms with E-state index < -0.39 is 0 Å². The molecule has 0 radical (unpaired) electrons. The van der Waals surface area contributed by atoms with Gasteiger partial charge in [0, 0.05) is 23.6 Å². The van der Waals surface area contributed by atoms with E-state index in [0.717, 1.165) is 11.3 Å². The van der Waals surface area contributed by atoms with Crippen molar-refractivity contribution in [3.05, 3.63) is 35.9 Å². The molecule has 0 amide bonds. The Labute approximate surface area is 86.9 Å². The first-order valence-corrected chi connectivity index (χ1v) is 4.55. The monoisotopic (exact) mass is 204 g/mol. The number of nitrogens with zero attached hydrogens (tertiary/aromatic N) is 3. The van der Waals surface area contributed by atoms with Crippen molar-refractivity contribution in [1.82, 2.24) is 25.7 Å². The van der Waals surface area contributed by atoms with Gasteiger partial charge in [-0.15, -0.1) is 0 Å². The number of H-pyrrole nitrogens is 1. The first-order valence-electron chi connectivity index (χ1n) is 4.55. The van der Waals surface area contributed by atoms with E-state index >= 15 is 0 Å². The number of rotatable bonds is 3. The Kier molecular flexibility index (Phi) is 2.59. The van der Waals surface area contributed by atoms with Crippen LogP contribution >= 0.6 is 0 Å². The van der Waals surface area contributed by atoms with Gasteiger partial charge in [-0.05, 0) is 13.1 Å². The Morgan fingerprint density at radius 2 is 2.33 bits per heavy atom. The molecule has 0 bridgehead atoms. The van der Waals surface area contributed by atoms with Crippen molar-refractivity contribution in [3.63, 3.8) is 0 Å². The Balaban J connectivity index is 2.40. The number of pyridine rings is 1. The number of nitrogens with one attached hydrogen (secondary N) is 2. The Morgan fingerprint density at radius 1 is 1.47 bits per heavy atom. The van der Waals surface area contributed by atoms with Crippen LogP contribution in [0.5, 0.6) is 0 Å². The Bertz CT molecular complexity index is 424. The third kappa shape index (κ3) is 1.79.